The van der Waals surface area contributed by atoms with Crippen molar-refractivity contribution in [2.24, 2.45) is 11.8 Å². The zero-order chi connectivity index (χ0) is 23.6. The van der Waals surface area contributed by atoms with Gasteiger partial charge >= 0.3 is 5.97 Å². The Kier molecular flexibility index (Phi) is 10.5. The van der Waals surface area contributed by atoms with E-state index in [0.29, 0.717) is 41.7 Å². The fourth-order valence-electron chi connectivity index (χ4n) is 2.57. The minimum absolute atomic E-state index is 0.0663. The van der Waals surface area contributed by atoms with E-state index in [2.05, 4.69) is 43.6 Å². The Labute approximate surface area is 186 Å². The van der Waals surface area contributed by atoms with E-state index in [1.807, 2.05) is 0 Å². The van der Waals surface area contributed by atoms with E-state index in [1.54, 1.807) is 39.0 Å². The number of amides is 2. The number of hydrogen-bond acceptors (Lipinski definition) is 5. The van der Waals surface area contributed by atoms with Crippen LogP contribution in [0.5, 0.6) is 0 Å². The standard InChI is InChI=1S/C24H39N3O4/c1-8-16(3)13-26-22(29)18-10-19(23(30)27-14-17(4)9-2)12-20(11-18)25-15-21(28)31-24(5,6)7/h10-12,16-17,25H,8-9,13-15H2,1-7H3,(H,26,29)(H,27,30). The van der Waals surface area contributed by atoms with Crippen molar-refractivity contribution in [2.75, 3.05) is 25.0 Å². The van der Waals surface area contributed by atoms with E-state index in [4.69, 9.17) is 4.74 Å². The van der Waals surface area contributed by atoms with E-state index in [1.165, 1.54) is 0 Å². The van der Waals surface area contributed by atoms with E-state index in [0.717, 1.165) is 12.8 Å². The largest absolute Gasteiger partial charge is 0.459 e. The molecule has 0 fully saturated rings. The number of esters is 1. The fraction of sp³-hybridized carbons (Fsp3) is 0.625. The Balaban J connectivity index is 3.02. The lowest BCUT2D eigenvalue weighted by Crippen LogP contribution is -2.30. The Morgan fingerprint density at radius 1 is 0.871 bits per heavy atom. The van der Waals surface area contributed by atoms with E-state index in [9.17, 15) is 14.4 Å². The van der Waals surface area contributed by atoms with Gasteiger partial charge in [0.1, 0.15) is 12.1 Å². The quantitative estimate of drug-likeness (QED) is 0.459. The average molecular weight is 434 g/mol. The van der Waals surface area contributed by atoms with Crippen molar-refractivity contribution in [3.63, 3.8) is 0 Å². The minimum atomic E-state index is -0.586. The molecule has 2 amide bonds. The molecular formula is C24H39N3O4. The van der Waals surface area contributed by atoms with Crippen LogP contribution in [0.4, 0.5) is 5.69 Å². The van der Waals surface area contributed by atoms with Crippen LogP contribution in [0.1, 0.15) is 82.0 Å². The molecule has 0 aliphatic heterocycles. The van der Waals surface area contributed by atoms with Crippen LogP contribution < -0.4 is 16.0 Å². The normalized spacial score (nSPS) is 13.1. The zero-order valence-corrected chi connectivity index (χ0v) is 20.1. The monoisotopic (exact) mass is 433 g/mol. The maximum atomic E-state index is 12.7. The predicted octanol–water partition coefficient (Wildman–Crippen LogP) is 3.99. The first kappa shape index (κ1) is 26.5. The van der Waals surface area contributed by atoms with E-state index < -0.39 is 11.6 Å². The van der Waals surface area contributed by atoms with Crippen LogP contribution in [0.25, 0.3) is 0 Å². The molecule has 1 aromatic rings. The molecule has 1 aromatic carbocycles. The maximum Gasteiger partial charge on any atom is 0.325 e. The smallest absolute Gasteiger partial charge is 0.325 e. The molecule has 7 nitrogen and oxygen atoms in total. The molecule has 0 aromatic heterocycles. The molecular weight excluding hydrogens is 394 g/mol. The van der Waals surface area contributed by atoms with Crippen molar-refractivity contribution in [1.82, 2.24) is 10.6 Å². The van der Waals surface area contributed by atoms with Crippen molar-refractivity contribution in [1.29, 1.82) is 0 Å². The van der Waals surface area contributed by atoms with Crippen LogP contribution in [0.3, 0.4) is 0 Å². The third-order valence-electron chi connectivity index (χ3n) is 4.93. The zero-order valence-electron chi connectivity index (χ0n) is 20.1. The van der Waals surface area contributed by atoms with Gasteiger partial charge in [-0.2, -0.15) is 0 Å². The second-order valence-electron chi connectivity index (χ2n) is 9.19. The summed E-state index contributed by atoms with van der Waals surface area (Å²) in [6, 6.07) is 4.86. The van der Waals surface area contributed by atoms with Gasteiger partial charge in [0.15, 0.2) is 0 Å². The molecule has 0 bridgehead atoms. The van der Waals surface area contributed by atoms with Crippen LogP contribution in [0.2, 0.25) is 0 Å². The van der Waals surface area contributed by atoms with Crippen LogP contribution in [-0.4, -0.2) is 43.0 Å². The summed E-state index contributed by atoms with van der Waals surface area (Å²) < 4.78 is 5.31. The highest BCUT2D eigenvalue weighted by atomic mass is 16.6. The lowest BCUT2D eigenvalue weighted by atomic mass is 10.1. The topological polar surface area (TPSA) is 96.5 Å². The van der Waals surface area contributed by atoms with Crippen LogP contribution >= 0.6 is 0 Å². The fourth-order valence-corrected chi connectivity index (χ4v) is 2.57. The first-order chi connectivity index (χ1) is 14.4. The molecule has 3 N–H and O–H groups in total. The van der Waals surface area contributed by atoms with Crippen molar-refractivity contribution < 1.29 is 19.1 Å². The molecule has 174 valence electrons. The molecule has 2 unspecified atom stereocenters. The average Bonchev–Trinajstić information content (AvgIpc) is 2.72. The molecule has 1 rings (SSSR count). The summed E-state index contributed by atoms with van der Waals surface area (Å²) in [5.41, 5.74) is 0.658. The molecule has 31 heavy (non-hydrogen) atoms. The van der Waals surface area contributed by atoms with Crippen LogP contribution in [-0.2, 0) is 9.53 Å². The summed E-state index contributed by atoms with van der Waals surface area (Å²) in [4.78, 5) is 37.4. The lowest BCUT2D eigenvalue weighted by molar-refractivity contribution is -0.152. The summed E-state index contributed by atoms with van der Waals surface area (Å²) in [6.07, 6.45) is 1.92. The Bertz CT molecular complexity index is 711. The first-order valence-corrected chi connectivity index (χ1v) is 11.1. The maximum absolute atomic E-state index is 12.7. The van der Waals surface area contributed by atoms with Gasteiger partial charge in [0, 0.05) is 29.9 Å². The lowest BCUT2D eigenvalue weighted by Gasteiger charge is -2.20. The number of carbonyl (C=O) groups excluding carboxylic acids is 3. The molecule has 2 atom stereocenters. The van der Waals surface area contributed by atoms with Crippen molar-refractivity contribution in [3.05, 3.63) is 29.3 Å². The predicted molar refractivity (Wildman–Crippen MR) is 124 cm³/mol. The van der Waals surface area contributed by atoms with Gasteiger partial charge in [-0.05, 0) is 50.8 Å². The van der Waals surface area contributed by atoms with E-state index >= 15 is 0 Å². The molecule has 0 spiro atoms. The number of rotatable bonds is 11. The van der Waals surface area contributed by atoms with Gasteiger partial charge in [0.2, 0.25) is 0 Å². The first-order valence-electron chi connectivity index (χ1n) is 11.1. The van der Waals surface area contributed by atoms with Crippen LogP contribution in [0.15, 0.2) is 18.2 Å². The van der Waals surface area contributed by atoms with Crippen molar-refractivity contribution in [3.8, 4) is 0 Å². The highest BCUT2D eigenvalue weighted by Gasteiger charge is 2.18. The molecule has 7 heteroatoms. The number of ether oxygens (including phenoxy) is 1. The molecule has 0 saturated heterocycles. The van der Waals surface area contributed by atoms with Gasteiger partial charge in [0.05, 0.1) is 0 Å². The summed E-state index contributed by atoms with van der Waals surface area (Å²) in [5.74, 6) is -0.206. The molecule has 0 saturated carbocycles. The van der Waals surface area contributed by atoms with Gasteiger partial charge in [-0.15, -0.1) is 0 Å². The summed E-state index contributed by atoms with van der Waals surface area (Å²) >= 11 is 0. The van der Waals surface area contributed by atoms with E-state index in [-0.39, 0.29) is 18.4 Å². The Morgan fingerprint density at radius 2 is 1.32 bits per heavy atom. The molecule has 0 heterocycles. The van der Waals surface area contributed by atoms with Gasteiger partial charge in [-0.25, -0.2) is 0 Å². The van der Waals surface area contributed by atoms with Crippen molar-refractivity contribution in [2.45, 2.75) is 66.9 Å². The van der Waals surface area contributed by atoms with Gasteiger partial charge in [-0.3, -0.25) is 14.4 Å². The minimum Gasteiger partial charge on any atom is -0.459 e. The Hall–Kier alpha value is -2.57. The van der Waals surface area contributed by atoms with Crippen molar-refractivity contribution >= 4 is 23.5 Å². The number of carbonyl (C=O) groups is 3. The molecule has 0 aliphatic carbocycles. The number of benzene rings is 1. The molecule has 0 radical (unpaired) electrons. The highest BCUT2D eigenvalue weighted by Crippen LogP contribution is 2.17. The number of anilines is 1. The second kappa shape index (κ2) is 12.3. The summed E-state index contributed by atoms with van der Waals surface area (Å²) in [5, 5.41) is 8.79. The Morgan fingerprint density at radius 3 is 1.71 bits per heavy atom. The van der Waals surface area contributed by atoms with Gasteiger partial charge < -0.3 is 20.7 Å². The molecule has 0 aliphatic rings. The third-order valence-corrected chi connectivity index (χ3v) is 4.93. The highest BCUT2D eigenvalue weighted by molar-refractivity contribution is 6.01. The summed E-state index contributed by atoms with van der Waals surface area (Å²) in [7, 11) is 0. The second-order valence-corrected chi connectivity index (χ2v) is 9.19. The van der Waals surface area contributed by atoms with Gasteiger partial charge in [0.25, 0.3) is 11.8 Å². The third kappa shape index (κ3) is 10.3. The van der Waals surface area contributed by atoms with Gasteiger partial charge in [-0.1, -0.05) is 40.5 Å². The number of hydrogen-bond donors (Lipinski definition) is 3. The SMILES string of the molecule is CCC(C)CNC(=O)c1cc(NCC(=O)OC(C)(C)C)cc(C(=O)NCC(C)CC)c1. The van der Waals surface area contributed by atoms with Crippen LogP contribution in [0, 0.1) is 11.8 Å². The number of nitrogens with one attached hydrogen (secondary N) is 3. The summed E-state index contributed by atoms with van der Waals surface area (Å²) in [6.45, 7) is 14.7.